The predicted octanol–water partition coefficient (Wildman–Crippen LogP) is 2.24. The molecule has 1 saturated heterocycles. The molecule has 2 aromatic rings. The van der Waals surface area contributed by atoms with E-state index in [1.54, 1.807) is 4.68 Å². The lowest BCUT2D eigenvalue weighted by atomic mass is 10.1. The number of aromatic nitrogens is 3. The summed E-state index contributed by atoms with van der Waals surface area (Å²) in [5, 5.41) is 5.28. The number of nitrogens with zero attached hydrogens (tertiary/aromatic N) is 4. The first kappa shape index (κ1) is 20.7. The summed E-state index contributed by atoms with van der Waals surface area (Å²) in [4.78, 5) is 19.5. The number of rotatable bonds is 2. The molecule has 3 rings (SSSR count). The third-order valence-corrected chi connectivity index (χ3v) is 4.58. The number of aryl methyl sites for hydroxylation is 3. The van der Waals surface area contributed by atoms with Crippen molar-refractivity contribution in [3.8, 4) is 0 Å². The van der Waals surface area contributed by atoms with Crippen molar-refractivity contribution in [3.05, 3.63) is 23.0 Å². The minimum atomic E-state index is 0. The van der Waals surface area contributed by atoms with E-state index in [0.29, 0.717) is 18.0 Å². The molecule has 1 aliphatic heterocycles. The largest absolute Gasteiger partial charge is 0.336 e. The molecule has 0 spiro atoms. The number of hydrogen-bond donors (Lipinski definition) is 1. The Hall–Kier alpha value is -1.37. The second kappa shape index (κ2) is 7.68. The zero-order chi connectivity index (χ0) is 16.0. The van der Waals surface area contributed by atoms with Gasteiger partial charge < -0.3 is 10.6 Å². The number of fused-ring (bicyclic) bond motifs is 1. The maximum absolute atomic E-state index is 13.1. The molecule has 1 amide bonds. The highest BCUT2D eigenvalue weighted by molar-refractivity contribution is 6.06. The molecule has 2 atom stereocenters. The van der Waals surface area contributed by atoms with Crippen molar-refractivity contribution in [2.45, 2.75) is 33.2 Å². The summed E-state index contributed by atoms with van der Waals surface area (Å²) < 4.78 is 1.74. The Morgan fingerprint density at radius 2 is 2.04 bits per heavy atom. The fraction of sp³-hybridized carbons (Fsp3) is 0.562. The van der Waals surface area contributed by atoms with Gasteiger partial charge in [0.1, 0.15) is 0 Å². The Morgan fingerprint density at radius 1 is 1.38 bits per heavy atom. The topological polar surface area (TPSA) is 77.0 Å². The lowest BCUT2D eigenvalue weighted by molar-refractivity contribution is 0.0745. The van der Waals surface area contributed by atoms with E-state index in [4.69, 9.17) is 5.73 Å². The Kier molecular flexibility index (Phi) is 6.61. The molecule has 6 nitrogen and oxygen atoms in total. The maximum atomic E-state index is 13.1. The van der Waals surface area contributed by atoms with Crippen LogP contribution in [-0.2, 0) is 7.05 Å². The summed E-state index contributed by atoms with van der Waals surface area (Å²) in [5.41, 5.74) is 8.93. The van der Waals surface area contributed by atoms with Crippen LogP contribution in [0.1, 0.15) is 35.1 Å². The number of nitrogens with two attached hydrogens (primary N) is 1. The van der Waals surface area contributed by atoms with Gasteiger partial charge >= 0.3 is 0 Å². The number of hydrogen-bond acceptors (Lipinski definition) is 4. The van der Waals surface area contributed by atoms with Crippen LogP contribution in [0.5, 0.6) is 0 Å². The molecule has 2 unspecified atom stereocenters. The van der Waals surface area contributed by atoms with E-state index in [1.165, 1.54) is 0 Å². The van der Waals surface area contributed by atoms with Crippen LogP contribution in [0.25, 0.3) is 11.0 Å². The van der Waals surface area contributed by atoms with E-state index in [1.807, 2.05) is 31.9 Å². The Balaban J connectivity index is 0.00000144. The van der Waals surface area contributed by atoms with Gasteiger partial charge in [-0.2, -0.15) is 5.10 Å². The summed E-state index contributed by atoms with van der Waals surface area (Å²) in [6, 6.07) is 2.10. The summed E-state index contributed by atoms with van der Waals surface area (Å²) in [5.74, 6) is 0.461. The third-order valence-electron chi connectivity index (χ3n) is 4.58. The molecule has 2 N–H and O–H groups in total. The van der Waals surface area contributed by atoms with Crippen LogP contribution in [0.4, 0.5) is 0 Å². The van der Waals surface area contributed by atoms with Gasteiger partial charge in [0.05, 0.1) is 16.6 Å². The van der Waals surface area contributed by atoms with Gasteiger partial charge in [-0.05, 0) is 45.7 Å². The minimum absolute atomic E-state index is 0. The Morgan fingerprint density at radius 3 is 2.62 bits per heavy atom. The molecule has 1 fully saturated rings. The first-order valence-electron chi connectivity index (χ1n) is 7.74. The van der Waals surface area contributed by atoms with E-state index in [0.717, 1.165) is 35.4 Å². The molecular weight excluding hydrogens is 349 g/mol. The van der Waals surface area contributed by atoms with E-state index in [2.05, 4.69) is 17.0 Å². The second-order valence-corrected chi connectivity index (χ2v) is 6.36. The molecule has 1 aliphatic rings. The van der Waals surface area contributed by atoms with E-state index < -0.39 is 0 Å². The molecule has 3 heterocycles. The van der Waals surface area contributed by atoms with Gasteiger partial charge in [0.25, 0.3) is 5.91 Å². The quantitative estimate of drug-likeness (QED) is 0.875. The lowest BCUT2D eigenvalue weighted by Gasteiger charge is -2.22. The molecule has 2 aromatic heterocycles. The van der Waals surface area contributed by atoms with Crippen molar-refractivity contribution in [2.75, 3.05) is 13.1 Å². The van der Waals surface area contributed by atoms with Crippen molar-refractivity contribution in [1.29, 1.82) is 0 Å². The van der Waals surface area contributed by atoms with E-state index in [9.17, 15) is 4.79 Å². The Labute approximate surface area is 154 Å². The molecular formula is C16H25Cl2N5O. The van der Waals surface area contributed by atoms with Crippen LogP contribution in [-0.4, -0.2) is 44.7 Å². The van der Waals surface area contributed by atoms with Crippen LogP contribution >= 0.6 is 24.8 Å². The standard InChI is InChI=1S/C16H23N5O.2ClH/c1-9-5-13(14-11(3)19-20(4)15(14)18-9)16(22)21-8-12(7-17)6-10(21)2;;/h5,10,12H,6-8,17H2,1-4H3;2*1H. The highest BCUT2D eigenvalue weighted by Crippen LogP contribution is 2.28. The smallest absolute Gasteiger partial charge is 0.254 e. The monoisotopic (exact) mass is 373 g/mol. The van der Waals surface area contributed by atoms with Crippen LogP contribution < -0.4 is 5.73 Å². The Bertz CT molecular complexity index is 746. The molecule has 0 saturated carbocycles. The van der Waals surface area contributed by atoms with Gasteiger partial charge in [0, 0.05) is 25.3 Å². The average Bonchev–Trinajstić information content (AvgIpc) is 2.98. The van der Waals surface area contributed by atoms with Gasteiger partial charge in [0.15, 0.2) is 5.65 Å². The van der Waals surface area contributed by atoms with Gasteiger partial charge in [-0.1, -0.05) is 0 Å². The maximum Gasteiger partial charge on any atom is 0.254 e. The second-order valence-electron chi connectivity index (χ2n) is 6.36. The zero-order valence-electron chi connectivity index (χ0n) is 14.4. The molecule has 0 aromatic carbocycles. The first-order valence-corrected chi connectivity index (χ1v) is 7.74. The first-order chi connectivity index (χ1) is 10.4. The van der Waals surface area contributed by atoms with Crippen LogP contribution in [0.2, 0.25) is 0 Å². The number of amides is 1. The zero-order valence-corrected chi connectivity index (χ0v) is 16.1. The van der Waals surface area contributed by atoms with E-state index >= 15 is 0 Å². The average molecular weight is 374 g/mol. The molecule has 134 valence electrons. The van der Waals surface area contributed by atoms with Gasteiger partial charge in [-0.25, -0.2) is 4.98 Å². The summed E-state index contributed by atoms with van der Waals surface area (Å²) in [6.07, 6.45) is 0.974. The molecule has 0 aliphatic carbocycles. The van der Waals surface area contributed by atoms with Crippen molar-refractivity contribution >= 4 is 41.8 Å². The molecule has 0 bridgehead atoms. The fourth-order valence-electron chi connectivity index (χ4n) is 3.49. The summed E-state index contributed by atoms with van der Waals surface area (Å²) >= 11 is 0. The number of pyridine rings is 1. The van der Waals surface area contributed by atoms with Crippen molar-refractivity contribution in [2.24, 2.45) is 18.7 Å². The normalized spacial score (nSPS) is 20.0. The van der Waals surface area contributed by atoms with Crippen LogP contribution in [0.15, 0.2) is 6.07 Å². The summed E-state index contributed by atoms with van der Waals surface area (Å²) in [6.45, 7) is 7.29. The number of likely N-dealkylation sites (tertiary alicyclic amines) is 1. The predicted molar refractivity (Wildman–Crippen MR) is 100 cm³/mol. The van der Waals surface area contributed by atoms with E-state index in [-0.39, 0.29) is 36.8 Å². The molecule has 0 radical (unpaired) electrons. The number of carbonyl (C=O) groups excluding carboxylic acids is 1. The fourth-order valence-corrected chi connectivity index (χ4v) is 3.49. The lowest BCUT2D eigenvalue weighted by Crippen LogP contribution is -2.34. The van der Waals surface area contributed by atoms with Crippen molar-refractivity contribution in [1.82, 2.24) is 19.7 Å². The highest BCUT2D eigenvalue weighted by atomic mass is 35.5. The molecule has 8 heteroatoms. The van der Waals surface area contributed by atoms with Crippen LogP contribution in [0, 0.1) is 19.8 Å². The number of halogens is 2. The van der Waals surface area contributed by atoms with Crippen LogP contribution in [0.3, 0.4) is 0 Å². The van der Waals surface area contributed by atoms with Crippen molar-refractivity contribution in [3.63, 3.8) is 0 Å². The highest BCUT2D eigenvalue weighted by Gasteiger charge is 2.33. The van der Waals surface area contributed by atoms with Gasteiger partial charge in [-0.3, -0.25) is 9.48 Å². The van der Waals surface area contributed by atoms with Crippen molar-refractivity contribution < 1.29 is 4.79 Å². The van der Waals surface area contributed by atoms with Gasteiger partial charge in [0.2, 0.25) is 0 Å². The molecule has 24 heavy (non-hydrogen) atoms. The summed E-state index contributed by atoms with van der Waals surface area (Å²) in [7, 11) is 1.86. The van der Waals surface area contributed by atoms with Gasteiger partial charge in [-0.15, -0.1) is 24.8 Å². The number of carbonyl (C=O) groups is 1. The third kappa shape index (κ3) is 3.36. The SMILES string of the molecule is Cc1cc(C(=O)N2CC(CN)CC2C)c2c(C)nn(C)c2n1.Cl.Cl. The minimum Gasteiger partial charge on any atom is -0.336 e.